The van der Waals surface area contributed by atoms with Gasteiger partial charge in [-0.05, 0) is 67.3 Å². The van der Waals surface area contributed by atoms with Gasteiger partial charge in [0.05, 0.1) is 0 Å². The van der Waals surface area contributed by atoms with Crippen LogP contribution >= 0.6 is 11.8 Å². The normalized spacial score (nSPS) is 13.4. The third kappa shape index (κ3) is 6.96. The van der Waals surface area contributed by atoms with Gasteiger partial charge in [-0.1, -0.05) is 61.5 Å². The van der Waals surface area contributed by atoms with Gasteiger partial charge in [-0.3, -0.25) is 19.3 Å². The van der Waals surface area contributed by atoms with E-state index in [1.54, 1.807) is 31.4 Å². The average Bonchev–Trinajstić information content (AvgIpc) is 3.13. The number of hydrogen-bond acceptors (Lipinski definition) is 6. The second-order valence-corrected chi connectivity index (χ2v) is 10.7. The molecule has 0 bridgehead atoms. The molecule has 3 amide bonds. The molecule has 1 aliphatic heterocycles. The Labute approximate surface area is 233 Å². The summed E-state index contributed by atoms with van der Waals surface area (Å²) in [5.74, 6) is -0.555. The summed E-state index contributed by atoms with van der Waals surface area (Å²) in [6, 6.07) is 22.4. The fourth-order valence-electron chi connectivity index (χ4n) is 4.09. The molecule has 1 heterocycles. The lowest BCUT2D eigenvalue weighted by molar-refractivity contribution is -0.137. The molecule has 0 saturated carbocycles. The third-order valence-electron chi connectivity index (χ3n) is 6.33. The van der Waals surface area contributed by atoms with Crippen LogP contribution in [0.3, 0.4) is 0 Å². The fourth-order valence-corrected chi connectivity index (χ4v) is 5.09. The molecule has 2 N–H and O–H groups in total. The molecule has 3 aromatic rings. The van der Waals surface area contributed by atoms with Crippen LogP contribution in [0.25, 0.3) is 0 Å². The molecule has 0 unspecified atom stereocenters. The van der Waals surface area contributed by atoms with Crippen molar-refractivity contribution >= 4 is 40.9 Å². The van der Waals surface area contributed by atoms with Crippen molar-refractivity contribution in [2.75, 3.05) is 30.9 Å². The van der Waals surface area contributed by atoms with Crippen LogP contribution in [0.2, 0.25) is 0 Å². The van der Waals surface area contributed by atoms with Crippen molar-refractivity contribution in [3.8, 4) is 0 Å². The van der Waals surface area contributed by atoms with E-state index in [2.05, 4.69) is 24.5 Å². The Kier molecular flexibility index (Phi) is 9.22. The molecule has 7 nitrogen and oxygen atoms in total. The highest BCUT2D eigenvalue weighted by Crippen LogP contribution is 2.37. The number of thioether (sulfide) groups is 1. The van der Waals surface area contributed by atoms with Gasteiger partial charge in [-0.15, -0.1) is 0 Å². The van der Waals surface area contributed by atoms with Gasteiger partial charge in [0.2, 0.25) is 0 Å². The van der Waals surface area contributed by atoms with E-state index in [0.29, 0.717) is 35.1 Å². The van der Waals surface area contributed by atoms with Crippen LogP contribution in [0.4, 0.5) is 11.4 Å². The standard InChI is InChI=1S/C31H33N3O4S/c1-20(2)22-13-15-24(16-14-22)32-27-28(31(37)34(30(27)36)17-6-18-38-4)39-26-8-5-7-25(19-26)33-29(35)23-11-9-21(3)10-12-23/h5,7-16,19-20,32H,6,17-18H2,1-4H3,(H,33,35). The Bertz CT molecular complexity index is 1380. The summed E-state index contributed by atoms with van der Waals surface area (Å²) in [5, 5.41) is 6.11. The van der Waals surface area contributed by atoms with E-state index in [0.717, 1.165) is 16.1 Å². The number of benzene rings is 3. The average molecular weight is 544 g/mol. The second kappa shape index (κ2) is 12.8. The maximum absolute atomic E-state index is 13.4. The lowest BCUT2D eigenvalue weighted by Crippen LogP contribution is -2.33. The van der Waals surface area contributed by atoms with E-state index >= 15 is 0 Å². The summed E-state index contributed by atoms with van der Waals surface area (Å²) in [4.78, 5) is 41.8. The van der Waals surface area contributed by atoms with Crippen molar-refractivity contribution in [1.82, 2.24) is 4.90 Å². The lowest BCUT2D eigenvalue weighted by atomic mass is 10.0. The molecule has 0 aromatic heterocycles. The zero-order chi connectivity index (χ0) is 27.9. The van der Waals surface area contributed by atoms with Gasteiger partial charge in [0, 0.05) is 42.1 Å². The van der Waals surface area contributed by atoms with Crippen LogP contribution in [0.5, 0.6) is 0 Å². The molecule has 39 heavy (non-hydrogen) atoms. The minimum Gasteiger partial charge on any atom is -0.385 e. The van der Waals surface area contributed by atoms with Crippen molar-refractivity contribution in [3.63, 3.8) is 0 Å². The zero-order valence-electron chi connectivity index (χ0n) is 22.6. The van der Waals surface area contributed by atoms with E-state index in [-0.39, 0.29) is 30.0 Å². The Morgan fingerprint density at radius 1 is 0.949 bits per heavy atom. The van der Waals surface area contributed by atoms with Crippen LogP contribution in [0.15, 0.2) is 88.3 Å². The maximum atomic E-state index is 13.4. The van der Waals surface area contributed by atoms with Crippen LogP contribution in [-0.4, -0.2) is 42.9 Å². The summed E-state index contributed by atoms with van der Waals surface area (Å²) in [6.07, 6.45) is 0.544. The number of carbonyl (C=O) groups is 3. The number of methoxy groups -OCH3 is 1. The molecule has 3 aromatic carbocycles. The van der Waals surface area contributed by atoms with Gasteiger partial charge in [0.15, 0.2) is 0 Å². The van der Waals surface area contributed by atoms with Gasteiger partial charge in [0.1, 0.15) is 10.6 Å². The molecule has 0 radical (unpaired) electrons. The monoisotopic (exact) mass is 543 g/mol. The molecule has 0 fully saturated rings. The van der Waals surface area contributed by atoms with E-state index < -0.39 is 0 Å². The first-order chi connectivity index (χ1) is 18.8. The Balaban J connectivity index is 1.58. The number of imide groups is 1. The Morgan fingerprint density at radius 3 is 2.33 bits per heavy atom. The van der Waals surface area contributed by atoms with E-state index in [9.17, 15) is 14.4 Å². The molecular weight excluding hydrogens is 510 g/mol. The topological polar surface area (TPSA) is 87.7 Å². The predicted molar refractivity (Wildman–Crippen MR) is 156 cm³/mol. The van der Waals surface area contributed by atoms with Gasteiger partial charge < -0.3 is 15.4 Å². The molecule has 4 rings (SSSR count). The minimum absolute atomic E-state index is 0.222. The van der Waals surface area contributed by atoms with Crippen molar-refractivity contribution in [1.29, 1.82) is 0 Å². The summed E-state index contributed by atoms with van der Waals surface area (Å²) >= 11 is 1.20. The molecule has 0 aliphatic carbocycles. The van der Waals surface area contributed by atoms with Crippen LogP contribution < -0.4 is 10.6 Å². The van der Waals surface area contributed by atoms with Crippen LogP contribution in [0.1, 0.15) is 47.7 Å². The van der Waals surface area contributed by atoms with Crippen LogP contribution in [-0.2, 0) is 14.3 Å². The van der Waals surface area contributed by atoms with Crippen molar-refractivity contribution in [2.24, 2.45) is 0 Å². The molecule has 202 valence electrons. The number of aryl methyl sites for hydroxylation is 1. The van der Waals surface area contributed by atoms with Gasteiger partial charge in [-0.25, -0.2) is 0 Å². The van der Waals surface area contributed by atoms with Crippen molar-refractivity contribution < 1.29 is 19.1 Å². The SMILES string of the molecule is COCCCN1C(=O)C(Nc2ccc(C(C)C)cc2)=C(Sc2cccc(NC(=O)c3ccc(C)cc3)c2)C1=O. The lowest BCUT2D eigenvalue weighted by Gasteiger charge is -2.15. The molecule has 1 aliphatic rings. The van der Waals surface area contributed by atoms with Gasteiger partial charge in [0.25, 0.3) is 17.7 Å². The third-order valence-corrected chi connectivity index (χ3v) is 7.40. The summed E-state index contributed by atoms with van der Waals surface area (Å²) < 4.78 is 5.11. The Morgan fingerprint density at radius 2 is 1.67 bits per heavy atom. The zero-order valence-corrected chi connectivity index (χ0v) is 23.4. The van der Waals surface area contributed by atoms with Gasteiger partial charge in [-0.2, -0.15) is 0 Å². The number of rotatable bonds is 11. The van der Waals surface area contributed by atoms with Crippen molar-refractivity contribution in [3.05, 3.63) is 100 Å². The number of anilines is 2. The van der Waals surface area contributed by atoms with E-state index in [1.165, 1.54) is 22.2 Å². The Hall–Kier alpha value is -3.88. The number of amides is 3. The second-order valence-electron chi connectivity index (χ2n) is 9.66. The highest BCUT2D eigenvalue weighted by Gasteiger charge is 2.38. The number of nitrogens with one attached hydrogen (secondary N) is 2. The summed E-state index contributed by atoms with van der Waals surface area (Å²) in [6.45, 7) is 6.91. The first-order valence-electron chi connectivity index (χ1n) is 12.9. The maximum Gasteiger partial charge on any atom is 0.278 e. The fraction of sp³-hybridized carbons (Fsp3) is 0.258. The molecule has 8 heteroatoms. The predicted octanol–water partition coefficient (Wildman–Crippen LogP) is 6.19. The molecular formula is C31H33N3O4S. The molecule has 0 atom stereocenters. The number of nitrogens with zero attached hydrogens (tertiary/aromatic N) is 1. The number of carbonyl (C=O) groups excluding carboxylic acids is 3. The number of hydrogen-bond donors (Lipinski definition) is 2. The highest BCUT2D eigenvalue weighted by molar-refractivity contribution is 8.04. The first kappa shape index (κ1) is 28.1. The molecule has 0 spiro atoms. The van der Waals surface area contributed by atoms with E-state index in [4.69, 9.17) is 4.74 Å². The first-order valence-corrected chi connectivity index (χ1v) is 13.7. The van der Waals surface area contributed by atoms with Crippen LogP contribution in [0, 0.1) is 6.92 Å². The quantitative estimate of drug-likeness (QED) is 0.221. The molecule has 0 saturated heterocycles. The smallest absolute Gasteiger partial charge is 0.278 e. The van der Waals surface area contributed by atoms with Gasteiger partial charge >= 0.3 is 0 Å². The summed E-state index contributed by atoms with van der Waals surface area (Å²) in [5.41, 5.74) is 4.38. The largest absolute Gasteiger partial charge is 0.385 e. The highest BCUT2D eigenvalue weighted by atomic mass is 32.2. The minimum atomic E-state index is -0.365. The number of ether oxygens (including phenoxy) is 1. The summed E-state index contributed by atoms with van der Waals surface area (Å²) in [7, 11) is 1.59. The van der Waals surface area contributed by atoms with E-state index in [1.807, 2.05) is 55.5 Å². The van der Waals surface area contributed by atoms with Crippen molar-refractivity contribution in [2.45, 2.75) is 38.0 Å².